The van der Waals surface area contributed by atoms with E-state index in [1.54, 1.807) is 11.3 Å². The summed E-state index contributed by atoms with van der Waals surface area (Å²) in [6.45, 7) is 3.53. The number of hydrogen-bond acceptors (Lipinski definition) is 4. The fourth-order valence-electron chi connectivity index (χ4n) is 3.84. The van der Waals surface area contributed by atoms with Crippen molar-refractivity contribution in [1.82, 2.24) is 14.9 Å². The van der Waals surface area contributed by atoms with Crippen molar-refractivity contribution in [3.63, 3.8) is 0 Å². The number of likely N-dealkylation sites (tertiary alicyclic amines) is 1. The van der Waals surface area contributed by atoms with Gasteiger partial charge in [-0.05, 0) is 43.5 Å². The second-order valence-electron chi connectivity index (χ2n) is 7.51. The molecule has 6 heteroatoms. The van der Waals surface area contributed by atoms with E-state index in [4.69, 9.17) is 16.6 Å². The Bertz CT molecular complexity index is 995. The highest BCUT2D eigenvalue weighted by molar-refractivity contribution is 7.09. The Morgan fingerprint density at radius 2 is 1.90 bits per heavy atom. The zero-order valence-electron chi connectivity index (χ0n) is 16.5. The lowest BCUT2D eigenvalue weighted by Crippen LogP contribution is -2.39. The molecule has 3 aromatic rings. The van der Waals surface area contributed by atoms with Gasteiger partial charge < -0.3 is 4.90 Å². The predicted molar refractivity (Wildman–Crippen MR) is 118 cm³/mol. The Kier molecular flexibility index (Phi) is 6.26. The summed E-state index contributed by atoms with van der Waals surface area (Å²) in [4.78, 5) is 23.9. The maximum Gasteiger partial charge on any atom is 0.228 e. The standard InChI is InChI=1S/C23H24ClN3OS/c1-16-25-20(15-29-16)14-23(28)27-11-9-17(10-12-27)22-8-4-6-19(26-22)13-18-5-2-3-7-21(18)24/h2-8,15,17H,9-14H2,1H3. The van der Waals surface area contributed by atoms with Crippen molar-refractivity contribution in [3.8, 4) is 0 Å². The van der Waals surface area contributed by atoms with Crippen LogP contribution in [0.3, 0.4) is 0 Å². The van der Waals surface area contributed by atoms with Crippen LogP contribution in [0.5, 0.6) is 0 Å². The lowest BCUT2D eigenvalue weighted by atomic mass is 9.92. The highest BCUT2D eigenvalue weighted by atomic mass is 35.5. The van der Waals surface area contributed by atoms with Crippen molar-refractivity contribution >= 4 is 28.8 Å². The minimum absolute atomic E-state index is 0.175. The molecule has 1 amide bonds. The van der Waals surface area contributed by atoms with Gasteiger partial charge in [-0.2, -0.15) is 0 Å². The zero-order valence-corrected chi connectivity index (χ0v) is 18.0. The highest BCUT2D eigenvalue weighted by Gasteiger charge is 2.25. The fraction of sp³-hybridized carbons (Fsp3) is 0.348. The van der Waals surface area contributed by atoms with Crippen molar-refractivity contribution in [2.45, 2.75) is 38.5 Å². The predicted octanol–water partition coefficient (Wildman–Crippen LogP) is 5.04. The van der Waals surface area contributed by atoms with Gasteiger partial charge in [-0.15, -0.1) is 11.3 Å². The van der Waals surface area contributed by atoms with Crippen LogP contribution in [0.1, 0.15) is 46.4 Å². The number of benzene rings is 1. The molecular weight excluding hydrogens is 402 g/mol. The molecule has 0 saturated carbocycles. The van der Waals surface area contributed by atoms with Crippen molar-refractivity contribution < 1.29 is 4.79 Å². The van der Waals surface area contributed by atoms with E-state index in [1.807, 2.05) is 41.5 Å². The first kappa shape index (κ1) is 20.0. The largest absolute Gasteiger partial charge is 0.342 e. The van der Waals surface area contributed by atoms with Gasteiger partial charge in [0.15, 0.2) is 0 Å². The van der Waals surface area contributed by atoms with Gasteiger partial charge in [-0.25, -0.2) is 4.98 Å². The second kappa shape index (κ2) is 9.06. The normalized spacial score (nSPS) is 14.9. The lowest BCUT2D eigenvalue weighted by Gasteiger charge is -2.32. The Hall–Kier alpha value is -2.24. The van der Waals surface area contributed by atoms with E-state index >= 15 is 0 Å². The first-order chi connectivity index (χ1) is 14.1. The Balaban J connectivity index is 1.36. The number of thiazole rings is 1. The molecule has 29 heavy (non-hydrogen) atoms. The number of amides is 1. The molecule has 0 atom stereocenters. The number of piperidine rings is 1. The number of aromatic nitrogens is 2. The smallest absolute Gasteiger partial charge is 0.228 e. The summed E-state index contributed by atoms with van der Waals surface area (Å²) < 4.78 is 0. The van der Waals surface area contributed by atoms with E-state index < -0.39 is 0 Å². The van der Waals surface area contributed by atoms with Gasteiger partial charge in [-0.1, -0.05) is 35.9 Å². The van der Waals surface area contributed by atoms with Crippen LogP contribution < -0.4 is 0 Å². The average Bonchev–Trinajstić information content (AvgIpc) is 3.14. The third-order valence-corrected chi connectivity index (χ3v) is 6.61. The van der Waals surface area contributed by atoms with E-state index in [0.29, 0.717) is 12.3 Å². The molecule has 0 spiro atoms. The van der Waals surface area contributed by atoms with Crippen molar-refractivity contribution in [3.05, 3.63) is 80.5 Å². The number of nitrogens with zero attached hydrogens (tertiary/aromatic N) is 3. The number of pyridine rings is 1. The molecule has 1 fully saturated rings. The fourth-order valence-corrected chi connectivity index (χ4v) is 4.66. The monoisotopic (exact) mass is 425 g/mol. The van der Waals surface area contributed by atoms with Crippen molar-refractivity contribution in [1.29, 1.82) is 0 Å². The molecule has 3 heterocycles. The third-order valence-electron chi connectivity index (χ3n) is 5.42. The molecule has 4 nitrogen and oxygen atoms in total. The topological polar surface area (TPSA) is 46.1 Å². The number of carbonyl (C=O) groups excluding carboxylic acids is 1. The van der Waals surface area contributed by atoms with Crippen LogP contribution in [0.2, 0.25) is 5.02 Å². The number of carbonyl (C=O) groups is 1. The van der Waals surface area contributed by atoms with Gasteiger partial charge in [0.1, 0.15) is 0 Å². The average molecular weight is 426 g/mol. The quantitative estimate of drug-likeness (QED) is 0.575. The van der Waals surface area contributed by atoms with Gasteiger partial charge >= 0.3 is 0 Å². The Morgan fingerprint density at radius 3 is 2.62 bits per heavy atom. The van der Waals surface area contributed by atoms with Gasteiger partial charge in [0.2, 0.25) is 5.91 Å². The van der Waals surface area contributed by atoms with Gasteiger partial charge in [0.05, 0.1) is 17.1 Å². The molecule has 4 rings (SSSR count). The van der Waals surface area contributed by atoms with Gasteiger partial charge in [0, 0.05) is 47.2 Å². The number of halogens is 1. The van der Waals surface area contributed by atoms with E-state index in [1.165, 1.54) is 0 Å². The van der Waals surface area contributed by atoms with Crippen LogP contribution in [0.25, 0.3) is 0 Å². The summed E-state index contributed by atoms with van der Waals surface area (Å²) in [5.41, 5.74) is 4.13. The molecule has 0 aliphatic carbocycles. The van der Waals surface area contributed by atoms with Gasteiger partial charge in [-0.3, -0.25) is 9.78 Å². The molecule has 2 aromatic heterocycles. The zero-order chi connectivity index (χ0) is 20.2. The van der Waals surface area contributed by atoms with E-state index in [9.17, 15) is 4.79 Å². The summed E-state index contributed by atoms with van der Waals surface area (Å²) in [6.07, 6.45) is 3.03. The highest BCUT2D eigenvalue weighted by Crippen LogP contribution is 2.28. The number of aryl methyl sites for hydroxylation is 1. The minimum Gasteiger partial charge on any atom is -0.342 e. The number of rotatable bonds is 5. The van der Waals surface area contributed by atoms with Gasteiger partial charge in [0.25, 0.3) is 0 Å². The Labute approximate surface area is 180 Å². The number of hydrogen-bond donors (Lipinski definition) is 0. The maximum atomic E-state index is 12.6. The minimum atomic E-state index is 0.175. The van der Waals surface area contributed by atoms with Crippen LogP contribution in [-0.2, 0) is 17.6 Å². The molecule has 0 bridgehead atoms. The lowest BCUT2D eigenvalue weighted by molar-refractivity contribution is -0.131. The van der Waals surface area contributed by atoms with Crippen LogP contribution in [-0.4, -0.2) is 33.9 Å². The first-order valence-electron chi connectivity index (χ1n) is 9.96. The van der Waals surface area contributed by atoms with Crippen LogP contribution in [0.4, 0.5) is 0 Å². The van der Waals surface area contributed by atoms with Crippen molar-refractivity contribution in [2.75, 3.05) is 13.1 Å². The molecule has 1 saturated heterocycles. The summed E-state index contributed by atoms with van der Waals surface area (Å²) in [5, 5.41) is 3.77. The molecule has 0 radical (unpaired) electrons. The first-order valence-corrected chi connectivity index (χ1v) is 11.2. The molecule has 0 N–H and O–H groups in total. The Morgan fingerprint density at radius 1 is 1.10 bits per heavy atom. The van der Waals surface area contributed by atoms with Crippen molar-refractivity contribution in [2.24, 2.45) is 0 Å². The maximum absolute atomic E-state index is 12.6. The SMILES string of the molecule is Cc1nc(CC(=O)N2CCC(c3cccc(Cc4ccccc4Cl)n3)CC2)cs1. The van der Waals surface area contributed by atoms with Crippen LogP contribution >= 0.6 is 22.9 Å². The van der Waals surface area contributed by atoms with Crippen LogP contribution in [0.15, 0.2) is 47.8 Å². The van der Waals surface area contributed by atoms with E-state index in [2.05, 4.69) is 23.2 Å². The second-order valence-corrected chi connectivity index (χ2v) is 8.98. The summed E-state index contributed by atoms with van der Waals surface area (Å²) in [5.74, 6) is 0.570. The summed E-state index contributed by atoms with van der Waals surface area (Å²) >= 11 is 7.89. The van der Waals surface area contributed by atoms with E-state index in [-0.39, 0.29) is 5.91 Å². The molecule has 150 valence electrons. The molecular formula is C23H24ClN3OS. The van der Waals surface area contributed by atoms with Crippen LogP contribution in [0, 0.1) is 6.92 Å². The molecule has 1 aromatic carbocycles. The summed E-state index contributed by atoms with van der Waals surface area (Å²) in [7, 11) is 0. The molecule has 0 unspecified atom stereocenters. The van der Waals surface area contributed by atoms with E-state index in [0.717, 1.165) is 65.0 Å². The summed E-state index contributed by atoms with van der Waals surface area (Å²) in [6, 6.07) is 14.2. The third kappa shape index (κ3) is 5.03. The molecule has 1 aliphatic rings. The molecule has 1 aliphatic heterocycles.